The van der Waals surface area contributed by atoms with Crippen molar-refractivity contribution in [3.05, 3.63) is 66.5 Å². The number of methoxy groups -OCH3 is 1. The Morgan fingerprint density at radius 3 is 2.57 bits per heavy atom. The lowest BCUT2D eigenvalue weighted by Gasteiger charge is -2.15. The first-order chi connectivity index (χ1) is 21.6. The van der Waals surface area contributed by atoms with Crippen LogP contribution in [0.5, 0.6) is 28.9 Å². The number of aromatic nitrogens is 2. The van der Waals surface area contributed by atoms with E-state index in [0.29, 0.717) is 88.1 Å². The molecule has 2 aromatic carbocycles. The molecule has 44 heavy (non-hydrogen) atoms. The summed E-state index contributed by atoms with van der Waals surface area (Å²) in [5, 5.41) is 16.6. The molecule has 10 nitrogen and oxygen atoms in total. The lowest BCUT2D eigenvalue weighted by Crippen LogP contribution is -2.30. The standard InChI is InChI=1S/C31H30ClN5O5.C2H6/c1-39-27-13-25-26(14-28(27)40-11-3-10-32)34-17-21(15-33)31(25)37-22-8-9-30(36-18-22)42-24-5-2-4-23(12-24)41-19-29(38)35-16-20-6-7-20;1-2/h2,4-5,8-9,12-14,17-18,20H,3,6-7,10-11,16,19H2,1H3,(H,34,37)(H,35,38);1-2H3. The molecule has 0 unspecified atom stereocenters. The Hall–Kier alpha value is -4.75. The number of ether oxygens (including phenoxy) is 4. The average Bonchev–Trinajstić information content (AvgIpc) is 3.89. The predicted octanol–water partition coefficient (Wildman–Crippen LogP) is 6.98. The molecule has 2 aromatic heterocycles. The van der Waals surface area contributed by atoms with E-state index < -0.39 is 0 Å². The van der Waals surface area contributed by atoms with E-state index >= 15 is 0 Å². The molecule has 1 amide bonds. The van der Waals surface area contributed by atoms with Gasteiger partial charge in [0.1, 0.15) is 17.6 Å². The van der Waals surface area contributed by atoms with E-state index in [1.165, 1.54) is 19.0 Å². The number of pyridine rings is 2. The Labute approximate surface area is 262 Å². The monoisotopic (exact) mass is 617 g/mol. The van der Waals surface area contributed by atoms with Gasteiger partial charge in [-0.15, -0.1) is 11.6 Å². The second-order valence-electron chi connectivity index (χ2n) is 9.69. The van der Waals surface area contributed by atoms with Crippen molar-refractivity contribution in [1.82, 2.24) is 15.3 Å². The van der Waals surface area contributed by atoms with Gasteiger partial charge >= 0.3 is 0 Å². The van der Waals surface area contributed by atoms with Crippen LogP contribution >= 0.6 is 11.6 Å². The first-order valence-corrected chi connectivity index (χ1v) is 15.1. The highest BCUT2D eigenvalue weighted by atomic mass is 35.5. The van der Waals surface area contributed by atoms with Gasteiger partial charge in [-0.05, 0) is 49.4 Å². The van der Waals surface area contributed by atoms with Crippen LogP contribution in [0, 0.1) is 17.2 Å². The minimum atomic E-state index is -0.144. The number of halogens is 1. The molecule has 2 heterocycles. The van der Waals surface area contributed by atoms with E-state index in [9.17, 15) is 10.1 Å². The third kappa shape index (κ3) is 8.88. The minimum absolute atomic E-state index is 0.0581. The molecule has 1 saturated carbocycles. The fraction of sp³-hybridized carbons (Fsp3) is 0.333. The van der Waals surface area contributed by atoms with Crippen LogP contribution in [0.4, 0.5) is 11.4 Å². The van der Waals surface area contributed by atoms with Gasteiger partial charge in [-0.2, -0.15) is 5.26 Å². The fourth-order valence-corrected chi connectivity index (χ4v) is 4.22. The Balaban J connectivity index is 0.00000216. The summed E-state index contributed by atoms with van der Waals surface area (Å²) in [4.78, 5) is 20.8. The number of hydrogen-bond donors (Lipinski definition) is 2. The fourth-order valence-electron chi connectivity index (χ4n) is 4.12. The molecule has 1 aliphatic rings. The molecule has 5 rings (SSSR count). The van der Waals surface area contributed by atoms with Crippen LogP contribution in [0.25, 0.3) is 10.9 Å². The Morgan fingerprint density at radius 1 is 1.05 bits per heavy atom. The highest BCUT2D eigenvalue weighted by Gasteiger charge is 2.21. The molecule has 1 fully saturated rings. The van der Waals surface area contributed by atoms with Gasteiger partial charge in [-0.25, -0.2) is 4.98 Å². The van der Waals surface area contributed by atoms with Crippen molar-refractivity contribution in [3.8, 4) is 34.9 Å². The number of nitrogens with one attached hydrogen (secondary N) is 2. The Kier molecular flexibility index (Phi) is 11.8. The zero-order valence-electron chi connectivity index (χ0n) is 25.1. The summed E-state index contributed by atoms with van der Waals surface area (Å²) in [6.07, 6.45) is 6.16. The van der Waals surface area contributed by atoms with Crippen molar-refractivity contribution in [1.29, 1.82) is 5.26 Å². The van der Waals surface area contributed by atoms with E-state index in [1.54, 1.807) is 61.8 Å². The number of amides is 1. The molecule has 230 valence electrons. The zero-order chi connectivity index (χ0) is 31.3. The first kappa shape index (κ1) is 32.2. The molecule has 2 N–H and O–H groups in total. The molecular weight excluding hydrogens is 582 g/mol. The van der Waals surface area contributed by atoms with E-state index in [2.05, 4.69) is 26.7 Å². The normalized spacial score (nSPS) is 11.9. The summed E-state index contributed by atoms with van der Waals surface area (Å²) in [7, 11) is 1.56. The third-order valence-corrected chi connectivity index (χ3v) is 6.76. The molecule has 0 spiro atoms. The molecule has 0 aliphatic heterocycles. The first-order valence-electron chi connectivity index (χ1n) is 14.6. The number of hydrogen-bond acceptors (Lipinski definition) is 9. The largest absolute Gasteiger partial charge is 0.493 e. The summed E-state index contributed by atoms with van der Waals surface area (Å²) < 4.78 is 22.9. The average molecular weight is 618 g/mol. The van der Waals surface area contributed by atoms with Crippen molar-refractivity contribution < 1.29 is 23.7 Å². The number of alkyl halides is 1. The number of benzene rings is 2. The van der Waals surface area contributed by atoms with Crippen LogP contribution in [0.3, 0.4) is 0 Å². The van der Waals surface area contributed by atoms with Gasteiger partial charge in [0.25, 0.3) is 5.91 Å². The summed E-state index contributed by atoms with van der Waals surface area (Å²) in [6, 6.07) is 16.3. The number of anilines is 2. The molecular formula is C33H36ClN5O5. The zero-order valence-corrected chi connectivity index (χ0v) is 25.8. The van der Waals surface area contributed by atoms with Gasteiger partial charge in [-0.3, -0.25) is 9.78 Å². The molecule has 11 heteroatoms. The summed E-state index contributed by atoms with van der Waals surface area (Å²) in [5.41, 5.74) is 2.20. The highest BCUT2D eigenvalue weighted by Crippen LogP contribution is 2.37. The molecule has 0 saturated heterocycles. The van der Waals surface area contributed by atoms with Crippen molar-refractivity contribution >= 4 is 39.8 Å². The number of fused-ring (bicyclic) bond motifs is 1. The topological polar surface area (TPSA) is 128 Å². The van der Waals surface area contributed by atoms with Gasteiger partial charge < -0.3 is 29.6 Å². The number of rotatable bonds is 14. The van der Waals surface area contributed by atoms with Crippen LogP contribution in [0.15, 0.2) is 60.9 Å². The number of nitriles is 1. The Bertz CT molecular complexity index is 1590. The summed E-state index contributed by atoms with van der Waals surface area (Å²) in [5.74, 6) is 3.42. The maximum Gasteiger partial charge on any atom is 0.257 e. The molecule has 0 radical (unpaired) electrons. The van der Waals surface area contributed by atoms with Gasteiger partial charge in [0.05, 0.1) is 42.4 Å². The summed E-state index contributed by atoms with van der Waals surface area (Å²) >= 11 is 5.77. The maximum atomic E-state index is 12.0. The van der Waals surface area contributed by atoms with E-state index in [-0.39, 0.29) is 12.5 Å². The van der Waals surface area contributed by atoms with Gasteiger partial charge in [0.2, 0.25) is 5.88 Å². The number of nitrogens with zero attached hydrogens (tertiary/aromatic N) is 3. The van der Waals surface area contributed by atoms with Crippen molar-refractivity contribution in [2.45, 2.75) is 33.1 Å². The quantitative estimate of drug-likeness (QED) is 0.114. The van der Waals surface area contributed by atoms with Crippen molar-refractivity contribution in [3.63, 3.8) is 0 Å². The van der Waals surface area contributed by atoms with Crippen LogP contribution in [0.1, 0.15) is 38.7 Å². The Morgan fingerprint density at radius 2 is 1.86 bits per heavy atom. The molecule has 0 bridgehead atoms. The maximum absolute atomic E-state index is 12.0. The minimum Gasteiger partial charge on any atom is -0.493 e. The lowest BCUT2D eigenvalue weighted by atomic mass is 10.1. The second kappa shape index (κ2) is 16.2. The summed E-state index contributed by atoms with van der Waals surface area (Å²) in [6.45, 7) is 5.09. The number of carbonyl (C=O) groups is 1. The molecule has 0 atom stereocenters. The molecule has 1 aliphatic carbocycles. The van der Waals surface area contributed by atoms with Gasteiger partial charge in [0.15, 0.2) is 18.1 Å². The van der Waals surface area contributed by atoms with Gasteiger partial charge in [-0.1, -0.05) is 19.9 Å². The molecule has 4 aromatic rings. The lowest BCUT2D eigenvalue weighted by molar-refractivity contribution is -0.123. The second-order valence-corrected chi connectivity index (χ2v) is 10.1. The van der Waals surface area contributed by atoms with Crippen molar-refractivity contribution in [2.24, 2.45) is 5.92 Å². The highest BCUT2D eigenvalue weighted by molar-refractivity contribution is 6.17. The predicted molar refractivity (Wildman–Crippen MR) is 170 cm³/mol. The van der Waals surface area contributed by atoms with Crippen LogP contribution < -0.4 is 29.6 Å². The third-order valence-electron chi connectivity index (χ3n) is 6.50. The number of carbonyl (C=O) groups excluding carboxylic acids is 1. The van der Waals surface area contributed by atoms with E-state index in [4.69, 9.17) is 30.5 Å². The van der Waals surface area contributed by atoms with Crippen LogP contribution in [-0.4, -0.2) is 48.6 Å². The smallest absolute Gasteiger partial charge is 0.257 e. The van der Waals surface area contributed by atoms with E-state index in [0.717, 1.165) is 0 Å². The SMILES string of the molecule is CC.COc1cc2c(Nc3ccc(Oc4cccc(OCC(=O)NCC5CC5)c4)nc3)c(C#N)cnc2cc1OCCCCl. The van der Waals surface area contributed by atoms with Gasteiger partial charge in [0, 0.05) is 42.2 Å². The van der Waals surface area contributed by atoms with Crippen LogP contribution in [0.2, 0.25) is 0 Å². The van der Waals surface area contributed by atoms with Crippen molar-refractivity contribution in [2.75, 3.05) is 38.1 Å². The van der Waals surface area contributed by atoms with E-state index in [1.807, 2.05) is 13.8 Å². The van der Waals surface area contributed by atoms with Crippen LogP contribution in [-0.2, 0) is 4.79 Å².